The van der Waals surface area contributed by atoms with Gasteiger partial charge in [0.05, 0.1) is 10.6 Å². The highest BCUT2D eigenvalue weighted by Gasteiger charge is 2.17. The van der Waals surface area contributed by atoms with Gasteiger partial charge in [-0.15, -0.1) is 0 Å². The molecule has 1 heterocycles. The van der Waals surface area contributed by atoms with Crippen molar-refractivity contribution < 1.29 is 9.59 Å². The molecule has 150 valence electrons. The fourth-order valence-electron chi connectivity index (χ4n) is 3.06. The topological polar surface area (TPSA) is 70.2 Å². The summed E-state index contributed by atoms with van der Waals surface area (Å²) in [5.74, 6) is -0.196. The quantitative estimate of drug-likeness (QED) is 0.601. The van der Waals surface area contributed by atoms with E-state index in [2.05, 4.69) is 22.0 Å². The van der Waals surface area contributed by atoms with E-state index in [0.717, 1.165) is 33.0 Å². The Hall–Kier alpha value is -2.47. The van der Waals surface area contributed by atoms with E-state index in [4.69, 9.17) is 0 Å². The highest BCUT2D eigenvalue weighted by Crippen LogP contribution is 2.32. The molecule has 0 aromatic heterocycles. The van der Waals surface area contributed by atoms with Gasteiger partial charge in [0.1, 0.15) is 0 Å². The van der Waals surface area contributed by atoms with Gasteiger partial charge < -0.3 is 16.0 Å². The number of thioether (sulfide) groups is 1. The predicted octanol–water partition coefficient (Wildman–Crippen LogP) is 4.20. The second-order valence-corrected chi connectivity index (χ2v) is 7.96. The van der Waals surface area contributed by atoms with Crippen LogP contribution in [0.3, 0.4) is 0 Å². The van der Waals surface area contributed by atoms with Gasteiger partial charge in [0, 0.05) is 25.2 Å². The lowest BCUT2D eigenvalue weighted by Gasteiger charge is -2.18. The Morgan fingerprint density at radius 2 is 2.00 bits per heavy atom. The summed E-state index contributed by atoms with van der Waals surface area (Å²) in [6.45, 7) is 8.52. The zero-order valence-corrected chi connectivity index (χ0v) is 18.0. The highest BCUT2D eigenvalue weighted by atomic mass is 32.2. The lowest BCUT2D eigenvalue weighted by atomic mass is 9.94. The predicted molar refractivity (Wildman–Crippen MR) is 118 cm³/mol. The van der Waals surface area contributed by atoms with Crippen LogP contribution in [-0.4, -0.2) is 25.4 Å². The van der Waals surface area contributed by atoms with Crippen LogP contribution in [0.4, 0.5) is 5.69 Å². The van der Waals surface area contributed by atoms with Gasteiger partial charge in [-0.2, -0.15) is 0 Å². The fourth-order valence-corrected chi connectivity index (χ4v) is 3.91. The average molecular weight is 400 g/mol. The van der Waals surface area contributed by atoms with Gasteiger partial charge in [-0.3, -0.25) is 9.59 Å². The summed E-state index contributed by atoms with van der Waals surface area (Å²) in [5.41, 5.74) is 3.39. The number of amides is 2. The Morgan fingerprint density at radius 1 is 1.25 bits per heavy atom. The lowest BCUT2D eigenvalue weighted by Crippen LogP contribution is -2.30. The molecule has 0 saturated heterocycles. The molecule has 1 unspecified atom stereocenters. The van der Waals surface area contributed by atoms with Crippen molar-refractivity contribution in [2.45, 2.75) is 40.0 Å². The van der Waals surface area contributed by atoms with E-state index in [1.54, 1.807) is 7.05 Å². The number of anilines is 1. The van der Waals surface area contributed by atoms with Gasteiger partial charge in [0.15, 0.2) is 0 Å². The van der Waals surface area contributed by atoms with Crippen LogP contribution >= 0.6 is 11.8 Å². The van der Waals surface area contributed by atoms with Crippen LogP contribution in [0.15, 0.2) is 51.9 Å². The van der Waals surface area contributed by atoms with Crippen LogP contribution in [0, 0.1) is 6.92 Å². The molecule has 0 aliphatic carbocycles. The first-order valence-electron chi connectivity index (χ1n) is 9.50. The summed E-state index contributed by atoms with van der Waals surface area (Å²) >= 11 is 1.50. The molecule has 6 heteroatoms. The molecule has 2 amide bonds. The summed E-state index contributed by atoms with van der Waals surface area (Å²) in [5, 5.41) is 8.81. The second kappa shape index (κ2) is 10.2. The van der Waals surface area contributed by atoms with Gasteiger partial charge in [0.2, 0.25) is 0 Å². The maximum Gasteiger partial charge on any atom is 0.267 e. The molecule has 0 saturated carbocycles. The van der Waals surface area contributed by atoms with Crippen LogP contribution in [-0.2, 0) is 9.59 Å². The molecule has 1 aliphatic heterocycles. The molecular weight excluding hydrogens is 370 g/mol. The Labute approximate surface area is 171 Å². The van der Waals surface area contributed by atoms with Crippen molar-refractivity contribution in [2.24, 2.45) is 0 Å². The first kappa shape index (κ1) is 21.8. The first-order chi connectivity index (χ1) is 13.4. The minimum atomic E-state index is -0.122. The van der Waals surface area contributed by atoms with Crippen molar-refractivity contribution in [3.63, 3.8) is 0 Å². The average Bonchev–Trinajstić information content (AvgIpc) is 2.67. The molecule has 0 bridgehead atoms. The molecule has 0 radical (unpaired) electrons. The van der Waals surface area contributed by atoms with Crippen LogP contribution < -0.4 is 16.0 Å². The van der Waals surface area contributed by atoms with Gasteiger partial charge in [-0.25, -0.2) is 0 Å². The SMILES string of the molecule is CCNC(=O)/C(=C\C(C)c1cccc(NC(=O)C2=CCC=C(C)S2)c1C)NC. The van der Waals surface area contributed by atoms with Gasteiger partial charge in [-0.05, 0) is 55.4 Å². The van der Waals surface area contributed by atoms with Gasteiger partial charge >= 0.3 is 0 Å². The number of nitrogens with one attached hydrogen (secondary N) is 3. The van der Waals surface area contributed by atoms with Crippen molar-refractivity contribution in [2.75, 3.05) is 18.9 Å². The number of carbonyl (C=O) groups is 2. The van der Waals surface area contributed by atoms with E-state index in [0.29, 0.717) is 12.2 Å². The third-order valence-electron chi connectivity index (χ3n) is 4.59. The smallest absolute Gasteiger partial charge is 0.267 e. The standard InChI is InChI=1S/C22H29N3O2S/c1-6-24-21(26)19(23-5)13-14(2)17-10-8-11-18(16(17)4)25-22(27)20-12-7-9-15(3)28-20/h8-14,23H,6-7H2,1-5H3,(H,24,26)(H,25,27)/b19-13+. The maximum atomic E-state index is 12.6. The molecular formula is C22H29N3O2S. The number of likely N-dealkylation sites (N-methyl/N-ethyl adjacent to an activating group) is 2. The summed E-state index contributed by atoms with van der Waals surface area (Å²) in [4.78, 5) is 26.6. The number of allylic oxidation sites excluding steroid dienone is 4. The van der Waals surface area contributed by atoms with Gasteiger partial charge in [-0.1, -0.05) is 43.0 Å². The zero-order chi connectivity index (χ0) is 20.7. The Bertz CT molecular complexity index is 840. The van der Waals surface area contributed by atoms with E-state index in [9.17, 15) is 9.59 Å². The minimum Gasteiger partial charge on any atom is -0.384 e. The third-order valence-corrected chi connectivity index (χ3v) is 5.65. The molecule has 1 aromatic carbocycles. The normalized spacial score (nSPS) is 15.2. The van der Waals surface area contributed by atoms with E-state index in [1.807, 2.05) is 58.0 Å². The van der Waals surface area contributed by atoms with Crippen molar-refractivity contribution >= 4 is 29.3 Å². The molecule has 28 heavy (non-hydrogen) atoms. The molecule has 0 fully saturated rings. The van der Waals surface area contributed by atoms with Crippen LogP contribution in [0.1, 0.15) is 44.2 Å². The molecule has 1 aromatic rings. The first-order valence-corrected chi connectivity index (χ1v) is 10.3. The lowest BCUT2D eigenvalue weighted by molar-refractivity contribution is -0.117. The summed E-state index contributed by atoms with van der Waals surface area (Å²) in [6.07, 6.45) is 6.75. The van der Waals surface area contributed by atoms with Crippen molar-refractivity contribution in [1.82, 2.24) is 10.6 Å². The molecule has 1 aliphatic rings. The minimum absolute atomic E-state index is 0.00959. The summed E-state index contributed by atoms with van der Waals surface area (Å²) in [6, 6.07) is 5.87. The van der Waals surface area contributed by atoms with Crippen molar-refractivity contribution in [3.05, 3.63) is 63.1 Å². The van der Waals surface area contributed by atoms with Crippen LogP contribution in [0.5, 0.6) is 0 Å². The molecule has 3 N–H and O–H groups in total. The number of rotatable bonds is 7. The number of benzene rings is 1. The molecule has 0 spiro atoms. The highest BCUT2D eigenvalue weighted by molar-refractivity contribution is 8.07. The number of hydrogen-bond donors (Lipinski definition) is 3. The monoisotopic (exact) mass is 399 g/mol. The van der Waals surface area contributed by atoms with Gasteiger partial charge in [0.25, 0.3) is 11.8 Å². The zero-order valence-electron chi connectivity index (χ0n) is 17.2. The van der Waals surface area contributed by atoms with E-state index in [1.165, 1.54) is 11.8 Å². The molecule has 2 rings (SSSR count). The fraction of sp³-hybridized carbons (Fsp3) is 0.364. The number of carbonyl (C=O) groups excluding carboxylic acids is 2. The second-order valence-electron chi connectivity index (χ2n) is 6.67. The molecule has 5 nitrogen and oxygen atoms in total. The number of hydrogen-bond acceptors (Lipinski definition) is 4. The summed E-state index contributed by atoms with van der Waals surface area (Å²) < 4.78 is 0. The molecule has 1 atom stereocenters. The van der Waals surface area contributed by atoms with Crippen molar-refractivity contribution in [3.8, 4) is 0 Å². The summed E-state index contributed by atoms with van der Waals surface area (Å²) in [7, 11) is 1.74. The Kier molecular flexibility index (Phi) is 7.93. The largest absolute Gasteiger partial charge is 0.384 e. The Morgan fingerprint density at radius 3 is 2.64 bits per heavy atom. The van der Waals surface area contributed by atoms with E-state index >= 15 is 0 Å². The third kappa shape index (κ3) is 5.52. The van der Waals surface area contributed by atoms with Crippen LogP contribution in [0.25, 0.3) is 0 Å². The van der Waals surface area contributed by atoms with E-state index < -0.39 is 0 Å². The van der Waals surface area contributed by atoms with Crippen molar-refractivity contribution in [1.29, 1.82) is 0 Å². The van der Waals surface area contributed by atoms with E-state index in [-0.39, 0.29) is 17.7 Å². The Balaban J connectivity index is 2.21. The van der Waals surface area contributed by atoms with Crippen LogP contribution in [0.2, 0.25) is 0 Å². The maximum absolute atomic E-state index is 12.6.